The van der Waals surface area contributed by atoms with Gasteiger partial charge in [0.2, 0.25) is 0 Å². The van der Waals surface area contributed by atoms with E-state index in [1.54, 1.807) is 30.7 Å². The molecule has 84 valence electrons. The Morgan fingerprint density at radius 2 is 2.50 bits per heavy atom. The third kappa shape index (κ3) is 3.07. The molecule has 0 unspecified atom stereocenters. The molecular formula is C10H11N3O2S. The first-order chi connectivity index (χ1) is 7.69. The Labute approximate surface area is 97.3 Å². The molecule has 0 aliphatic heterocycles. The molecule has 0 aliphatic carbocycles. The topological polar surface area (TPSA) is 92.1 Å². The molecule has 1 amide bonds. The molecule has 1 aromatic heterocycles. The summed E-state index contributed by atoms with van der Waals surface area (Å²) in [5, 5.41) is 12.1. The van der Waals surface area contributed by atoms with Crippen LogP contribution in [0.5, 0.6) is 0 Å². The number of thioether (sulfide) groups is 1. The van der Waals surface area contributed by atoms with Crippen molar-refractivity contribution in [3.63, 3.8) is 0 Å². The number of carbonyl (C=O) groups is 1. The summed E-state index contributed by atoms with van der Waals surface area (Å²) in [5.74, 6) is -0.0212. The standard InChI is InChI=1S/C10H11N3O2S/c1-16-10(8(5-11)9(12)14)13-6-7-3-2-4-15-7/h2-4,13H,6H2,1H3,(H2,12,14)/b10-8+. The fraction of sp³-hybridized carbons (Fsp3) is 0.200. The number of furan rings is 1. The van der Waals surface area contributed by atoms with Crippen LogP contribution in [-0.4, -0.2) is 12.2 Å². The molecular weight excluding hydrogens is 226 g/mol. The van der Waals surface area contributed by atoms with E-state index in [1.165, 1.54) is 11.8 Å². The van der Waals surface area contributed by atoms with Crippen LogP contribution in [0.15, 0.2) is 33.4 Å². The van der Waals surface area contributed by atoms with E-state index in [2.05, 4.69) is 5.32 Å². The summed E-state index contributed by atoms with van der Waals surface area (Å²) in [6.45, 7) is 0.404. The first kappa shape index (κ1) is 12.2. The number of rotatable bonds is 5. The van der Waals surface area contributed by atoms with Gasteiger partial charge in [0.05, 0.1) is 17.8 Å². The van der Waals surface area contributed by atoms with E-state index < -0.39 is 5.91 Å². The lowest BCUT2D eigenvalue weighted by molar-refractivity contribution is -0.114. The minimum absolute atomic E-state index is 0.0703. The summed E-state index contributed by atoms with van der Waals surface area (Å²) in [5.41, 5.74) is 5.01. The molecule has 0 radical (unpaired) electrons. The first-order valence-corrected chi connectivity index (χ1v) is 5.66. The van der Waals surface area contributed by atoms with Crippen LogP contribution in [-0.2, 0) is 11.3 Å². The number of nitrogens with two attached hydrogens (primary N) is 1. The van der Waals surface area contributed by atoms with Crippen molar-refractivity contribution in [3.05, 3.63) is 34.8 Å². The minimum Gasteiger partial charge on any atom is -0.467 e. The molecule has 0 bridgehead atoms. The molecule has 6 heteroatoms. The second-order valence-corrected chi connectivity index (χ2v) is 3.63. The summed E-state index contributed by atoms with van der Waals surface area (Å²) in [7, 11) is 0. The van der Waals surface area contributed by atoms with Crippen molar-refractivity contribution in [3.8, 4) is 6.07 Å². The first-order valence-electron chi connectivity index (χ1n) is 4.43. The second kappa shape index (κ2) is 5.88. The maximum Gasteiger partial charge on any atom is 0.262 e. The average Bonchev–Trinajstić information content (AvgIpc) is 2.76. The zero-order chi connectivity index (χ0) is 12.0. The number of carbonyl (C=O) groups excluding carboxylic acids is 1. The summed E-state index contributed by atoms with van der Waals surface area (Å²) in [6.07, 6.45) is 3.31. The normalized spacial score (nSPS) is 11.5. The van der Waals surface area contributed by atoms with E-state index in [4.69, 9.17) is 15.4 Å². The zero-order valence-electron chi connectivity index (χ0n) is 8.69. The molecule has 0 aliphatic rings. The predicted octanol–water partition coefficient (Wildman–Crippen LogP) is 0.953. The van der Waals surface area contributed by atoms with Crippen LogP contribution in [0.3, 0.4) is 0 Å². The van der Waals surface area contributed by atoms with Gasteiger partial charge in [0.1, 0.15) is 17.4 Å². The van der Waals surface area contributed by atoms with Gasteiger partial charge in [-0.15, -0.1) is 11.8 Å². The lowest BCUT2D eigenvalue weighted by atomic mass is 10.3. The smallest absolute Gasteiger partial charge is 0.262 e. The van der Waals surface area contributed by atoms with Gasteiger partial charge in [-0.1, -0.05) is 0 Å². The Hall–Kier alpha value is -1.87. The van der Waals surface area contributed by atoms with Crippen LogP contribution in [0.25, 0.3) is 0 Å². The second-order valence-electron chi connectivity index (χ2n) is 2.82. The largest absolute Gasteiger partial charge is 0.467 e. The highest BCUT2D eigenvalue weighted by Crippen LogP contribution is 2.14. The highest BCUT2D eigenvalue weighted by atomic mass is 32.2. The highest BCUT2D eigenvalue weighted by Gasteiger charge is 2.11. The van der Waals surface area contributed by atoms with Crippen LogP contribution in [0, 0.1) is 11.3 Å². The molecule has 0 saturated heterocycles. The van der Waals surface area contributed by atoms with Crippen LogP contribution in [0.4, 0.5) is 0 Å². The number of nitrogens with one attached hydrogen (secondary N) is 1. The van der Waals surface area contributed by atoms with E-state index in [1.807, 2.05) is 0 Å². The molecule has 16 heavy (non-hydrogen) atoms. The maximum atomic E-state index is 11.0. The number of hydrogen-bond acceptors (Lipinski definition) is 5. The van der Waals surface area contributed by atoms with E-state index in [0.717, 1.165) is 0 Å². The number of amides is 1. The van der Waals surface area contributed by atoms with Crippen molar-refractivity contribution in [1.29, 1.82) is 5.26 Å². The Balaban J connectivity index is 2.76. The molecule has 5 nitrogen and oxygen atoms in total. The summed E-state index contributed by atoms with van der Waals surface area (Å²) in [6, 6.07) is 5.33. The molecule has 0 atom stereocenters. The van der Waals surface area contributed by atoms with Gasteiger partial charge in [0, 0.05) is 0 Å². The van der Waals surface area contributed by atoms with Crippen molar-refractivity contribution < 1.29 is 9.21 Å². The highest BCUT2D eigenvalue weighted by molar-refractivity contribution is 8.02. The Kier molecular flexibility index (Phi) is 4.48. The fourth-order valence-electron chi connectivity index (χ4n) is 1.06. The van der Waals surface area contributed by atoms with Crippen molar-refractivity contribution in [2.75, 3.05) is 6.26 Å². The van der Waals surface area contributed by atoms with Gasteiger partial charge < -0.3 is 15.5 Å². The SMILES string of the molecule is CS/C(NCc1ccco1)=C(\C#N)C(N)=O. The fourth-order valence-corrected chi connectivity index (χ4v) is 1.63. The lowest BCUT2D eigenvalue weighted by Crippen LogP contribution is -2.20. The molecule has 1 heterocycles. The van der Waals surface area contributed by atoms with Crippen molar-refractivity contribution >= 4 is 17.7 Å². The molecule has 0 aromatic carbocycles. The molecule has 3 N–H and O–H groups in total. The maximum absolute atomic E-state index is 11.0. The lowest BCUT2D eigenvalue weighted by Gasteiger charge is -2.07. The van der Waals surface area contributed by atoms with Crippen molar-refractivity contribution in [2.24, 2.45) is 5.73 Å². The van der Waals surface area contributed by atoms with E-state index in [9.17, 15) is 4.79 Å². The Bertz CT molecular complexity index is 431. The quantitative estimate of drug-likeness (QED) is 0.587. The molecule has 0 saturated carbocycles. The van der Waals surface area contributed by atoms with Gasteiger partial charge in [-0.25, -0.2) is 0 Å². The molecule has 1 aromatic rings. The minimum atomic E-state index is -0.737. The monoisotopic (exact) mass is 237 g/mol. The van der Waals surface area contributed by atoms with Gasteiger partial charge in [0.25, 0.3) is 5.91 Å². The van der Waals surface area contributed by atoms with Crippen LogP contribution in [0.1, 0.15) is 5.76 Å². The molecule has 0 spiro atoms. The average molecular weight is 237 g/mol. The van der Waals surface area contributed by atoms with E-state index in [-0.39, 0.29) is 5.57 Å². The third-order valence-electron chi connectivity index (χ3n) is 1.79. The summed E-state index contributed by atoms with van der Waals surface area (Å²) < 4.78 is 5.11. The number of nitrogens with zero attached hydrogens (tertiary/aromatic N) is 1. The van der Waals surface area contributed by atoms with E-state index >= 15 is 0 Å². The van der Waals surface area contributed by atoms with Crippen LogP contribution in [0.2, 0.25) is 0 Å². The number of nitriles is 1. The van der Waals surface area contributed by atoms with Gasteiger partial charge in [0.15, 0.2) is 0 Å². The number of primary amides is 1. The molecule has 1 rings (SSSR count). The van der Waals surface area contributed by atoms with Gasteiger partial charge >= 0.3 is 0 Å². The summed E-state index contributed by atoms with van der Waals surface area (Å²) in [4.78, 5) is 11.0. The van der Waals surface area contributed by atoms with Crippen LogP contribution < -0.4 is 11.1 Å². The predicted molar refractivity (Wildman–Crippen MR) is 60.9 cm³/mol. The van der Waals surface area contributed by atoms with Gasteiger partial charge in [-0.3, -0.25) is 4.79 Å². The van der Waals surface area contributed by atoms with Crippen molar-refractivity contribution in [2.45, 2.75) is 6.54 Å². The Morgan fingerprint density at radius 3 is 2.94 bits per heavy atom. The van der Waals surface area contributed by atoms with Crippen LogP contribution >= 0.6 is 11.8 Å². The Morgan fingerprint density at radius 1 is 1.75 bits per heavy atom. The van der Waals surface area contributed by atoms with Gasteiger partial charge in [-0.05, 0) is 18.4 Å². The molecule has 0 fully saturated rings. The summed E-state index contributed by atoms with van der Waals surface area (Å²) >= 11 is 1.26. The number of hydrogen-bond donors (Lipinski definition) is 2. The third-order valence-corrected chi connectivity index (χ3v) is 2.55. The zero-order valence-corrected chi connectivity index (χ0v) is 9.50. The van der Waals surface area contributed by atoms with Crippen molar-refractivity contribution in [1.82, 2.24) is 5.32 Å². The van der Waals surface area contributed by atoms with Gasteiger partial charge in [-0.2, -0.15) is 5.26 Å². The van der Waals surface area contributed by atoms with E-state index in [0.29, 0.717) is 17.3 Å².